The van der Waals surface area contributed by atoms with Crippen molar-refractivity contribution >= 4 is 5.97 Å². The summed E-state index contributed by atoms with van der Waals surface area (Å²) in [6, 6.07) is 3.93. The van der Waals surface area contributed by atoms with Gasteiger partial charge < -0.3 is 4.74 Å². The van der Waals surface area contributed by atoms with Crippen LogP contribution in [0.3, 0.4) is 0 Å². The number of aryl methyl sites for hydroxylation is 1. The molecule has 17 heavy (non-hydrogen) atoms. The zero-order valence-corrected chi connectivity index (χ0v) is 10.9. The Bertz CT molecular complexity index is 419. The molecule has 0 bridgehead atoms. The van der Waals surface area contributed by atoms with E-state index in [-0.39, 0.29) is 5.97 Å². The highest BCUT2D eigenvalue weighted by Crippen LogP contribution is 2.26. The summed E-state index contributed by atoms with van der Waals surface area (Å²) in [5.41, 5.74) is 3.60. The van der Waals surface area contributed by atoms with Crippen molar-refractivity contribution in [1.82, 2.24) is 0 Å². The minimum atomic E-state index is -0.277. The highest BCUT2D eigenvalue weighted by Gasteiger charge is 2.10. The molecule has 0 saturated heterocycles. The molecule has 0 amide bonds. The van der Waals surface area contributed by atoms with Crippen LogP contribution in [-0.4, -0.2) is 5.97 Å². The molecule has 92 valence electrons. The molecule has 0 aromatic heterocycles. The largest absolute Gasteiger partial charge is 0.426 e. The summed E-state index contributed by atoms with van der Waals surface area (Å²) in [7, 11) is 0. The predicted octanol–water partition coefficient (Wildman–Crippen LogP) is 3.60. The summed E-state index contributed by atoms with van der Waals surface area (Å²) in [4.78, 5) is 11.0. The molecule has 0 aliphatic heterocycles. The van der Waals surface area contributed by atoms with E-state index in [1.807, 2.05) is 25.1 Å². The molecule has 0 spiro atoms. The van der Waals surface area contributed by atoms with Crippen LogP contribution in [0.15, 0.2) is 24.8 Å². The van der Waals surface area contributed by atoms with Gasteiger partial charge in [0.15, 0.2) is 0 Å². The van der Waals surface area contributed by atoms with Gasteiger partial charge >= 0.3 is 5.97 Å². The van der Waals surface area contributed by atoms with Crippen LogP contribution in [0.2, 0.25) is 0 Å². The number of hydrogen-bond acceptors (Lipinski definition) is 2. The molecule has 0 unspecified atom stereocenters. The van der Waals surface area contributed by atoms with E-state index in [0.717, 1.165) is 24.8 Å². The van der Waals surface area contributed by atoms with Crippen LogP contribution < -0.4 is 4.74 Å². The van der Waals surface area contributed by atoms with Crippen molar-refractivity contribution in [1.29, 1.82) is 0 Å². The molecular formula is C15H20O2. The molecule has 2 nitrogen and oxygen atoms in total. The lowest BCUT2D eigenvalue weighted by atomic mass is 9.95. The van der Waals surface area contributed by atoms with Gasteiger partial charge in [-0.05, 0) is 42.5 Å². The van der Waals surface area contributed by atoms with Gasteiger partial charge in [0.1, 0.15) is 5.75 Å². The maximum absolute atomic E-state index is 11.0. The Kier molecular flexibility index (Phi) is 4.95. The third kappa shape index (κ3) is 3.45. The number of rotatable bonds is 5. The van der Waals surface area contributed by atoms with Crippen molar-refractivity contribution in [2.45, 2.75) is 40.0 Å². The van der Waals surface area contributed by atoms with Gasteiger partial charge in [-0.2, -0.15) is 0 Å². The van der Waals surface area contributed by atoms with Crippen LogP contribution in [0.4, 0.5) is 0 Å². The summed E-state index contributed by atoms with van der Waals surface area (Å²) in [6.45, 7) is 9.36. The standard InChI is InChI=1S/C15H20O2/c1-5-7-13-9-10-15(17-12(4)16)11(3)14(13)8-6-2/h6,9-10H,2,5,7-8H2,1,3-4H3. The Morgan fingerprint density at radius 1 is 1.47 bits per heavy atom. The molecule has 0 aliphatic carbocycles. The molecule has 0 atom stereocenters. The maximum atomic E-state index is 11.0. The van der Waals surface area contributed by atoms with Crippen molar-refractivity contribution in [2.24, 2.45) is 0 Å². The Balaban J connectivity index is 3.16. The van der Waals surface area contributed by atoms with Crippen molar-refractivity contribution in [2.75, 3.05) is 0 Å². The first kappa shape index (κ1) is 13.5. The van der Waals surface area contributed by atoms with E-state index >= 15 is 0 Å². The van der Waals surface area contributed by atoms with Gasteiger partial charge in [0.2, 0.25) is 0 Å². The number of hydrogen-bond donors (Lipinski definition) is 0. The Labute approximate surface area is 103 Å². The molecule has 1 rings (SSSR count). The van der Waals surface area contributed by atoms with Gasteiger partial charge in [-0.25, -0.2) is 0 Å². The zero-order chi connectivity index (χ0) is 12.8. The summed E-state index contributed by atoms with van der Waals surface area (Å²) < 4.78 is 5.19. The lowest BCUT2D eigenvalue weighted by Gasteiger charge is -2.14. The first-order chi connectivity index (χ1) is 8.10. The highest BCUT2D eigenvalue weighted by atomic mass is 16.5. The molecule has 1 aromatic rings. The molecule has 0 N–H and O–H groups in total. The molecule has 0 aliphatic rings. The average molecular weight is 232 g/mol. The minimum absolute atomic E-state index is 0.277. The van der Waals surface area contributed by atoms with Gasteiger partial charge in [-0.15, -0.1) is 6.58 Å². The third-order valence-corrected chi connectivity index (χ3v) is 2.77. The van der Waals surface area contributed by atoms with Gasteiger partial charge in [-0.3, -0.25) is 4.79 Å². The predicted molar refractivity (Wildman–Crippen MR) is 70.4 cm³/mol. The average Bonchev–Trinajstić information content (AvgIpc) is 2.27. The molecule has 0 radical (unpaired) electrons. The number of benzene rings is 1. The fourth-order valence-corrected chi connectivity index (χ4v) is 1.99. The normalized spacial score (nSPS) is 10.1. The molecule has 0 fully saturated rings. The van der Waals surface area contributed by atoms with E-state index < -0.39 is 0 Å². The van der Waals surface area contributed by atoms with Gasteiger partial charge in [-0.1, -0.05) is 25.5 Å². The Morgan fingerprint density at radius 2 is 2.18 bits per heavy atom. The lowest BCUT2D eigenvalue weighted by Crippen LogP contribution is -2.06. The third-order valence-electron chi connectivity index (χ3n) is 2.77. The summed E-state index contributed by atoms with van der Waals surface area (Å²) >= 11 is 0. The van der Waals surface area contributed by atoms with Gasteiger partial charge in [0.25, 0.3) is 0 Å². The highest BCUT2D eigenvalue weighted by molar-refractivity contribution is 5.70. The number of carbonyl (C=O) groups excluding carboxylic acids is 1. The van der Waals surface area contributed by atoms with Gasteiger partial charge in [0, 0.05) is 6.92 Å². The summed E-state index contributed by atoms with van der Waals surface area (Å²) in [5, 5.41) is 0. The number of esters is 1. The zero-order valence-electron chi connectivity index (χ0n) is 10.9. The van der Waals surface area contributed by atoms with E-state index in [1.54, 1.807) is 0 Å². The number of ether oxygens (including phenoxy) is 1. The molecule has 1 aromatic carbocycles. The van der Waals surface area contributed by atoms with Crippen LogP contribution in [0.1, 0.15) is 37.0 Å². The summed E-state index contributed by atoms with van der Waals surface area (Å²) in [6.07, 6.45) is 4.86. The van der Waals surface area contributed by atoms with Crippen molar-refractivity contribution < 1.29 is 9.53 Å². The van der Waals surface area contributed by atoms with Crippen LogP contribution >= 0.6 is 0 Å². The maximum Gasteiger partial charge on any atom is 0.308 e. The van der Waals surface area contributed by atoms with Crippen molar-refractivity contribution in [3.05, 3.63) is 41.5 Å². The van der Waals surface area contributed by atoms with E-state index in [0.29, 0.717) is 5.75 Å². The van der Waals surface area contributed by atoms with E-state index in [4.69, 9.17) is 4.74 Å². The Hall–Kier alpha value is -1.57. The second kappa shape index (κ2) is 6.24. The first-order valence-corrected chi connectivity index (χ1v) is 6.00. The van der Waals surface area contributed by atoms with Crippen LogP contribution in [0, 0.1) is 6.92 Å². The molecule has 2 heteroatoms. The van der Waals surface area contributed by atoms with E-state index in [1.165, 1.54) is 18.1 Å². The SMILES string of the molecule is C=CCc1c(CCC)ccc(OC(C)=O)c1C. The second-order valence-electron chi connectivity index (χ2n) is 4.16. The van der Waals surface area contributed by atoms with Crippen LogP contribution in [0.5, 0.6) is 5.75 Å². The first-order valence-electron chi connectivity index (χ1n) is 6.00. The topological polar surface area (TPSA) is 26.3 Å². The fourth-order valence-electron chi connectivity index (χ4n) is 1.99. The molecule has 0 saturated carbocycles. The Morgan fingerprint density at radius 3 is 2.71 bits per heavy atom. The quantitative estimate of drug-likeness (QED) is 0.440. The van der Waals surface area contributed by atoms with Gasteiger partial charge in [0.05, 0.1) is 0 Å². The second-order valence-corrected chi connectivity index (χ2v) is 4.16. The van der Waals surface area contributed by atoms with Crippen molar-refractivity contribution in [3.8, 4) is 5.75 Å². The van der Waals surface area contributed by atoms with Crippen LogP contribution in [-0.2, 0) is 17.6 Å². The fraction of sp³-hybridized carbons (Fsp3) is 0.400. The van der Waals surface area contributed by atoms with Crippen molar-refractivity contribution in [3.63, 3.8) is 0 Å². The van der Waals surface area contributed by atoms with E-state index in [9.17, 15) is 4.79 Å². The minimum Gasteiger partial charge on any atom is -0.426 e. The smallest absolute Gasteiger partial charge is 0.308 e. The van der Waals surface area contributed by atoms with E-state index in [2.05, 4.69) is 13.5 Å². The molecular weight excluding hydrogens is 212 g/mol. The summed E-state index contributed by atoms with van der Waals surface area (Å²) in [5.74, 6) is 0.384. The van der Waals surface area contributed by atoms with Crippen LogP contribution in [0.25, 0.3) is 0 Å². The monoisotopic (exact) mass is 232 g/mol. The number of allylic oxidation sites excluding steroid dienone is 1. The number of carbonyl (C=O) groups is 1. The molecule has 0 heterocycles. The lowest BCUT2D eigenvalue weighted by molar-refractivity contribution is -0.131.